The van der Waals surface area contributed by atoms with Crippen LogP contribution in [0.2, 0.25) is 0 Å². The highest BCUT2D eigenvalue weighted by molar-refractivity contribution is 6.68. The van der Waals surface area contributed by atoms with Gasteiger partial charge in [0.2, 0.25) is 3.79 Å². The standard InChI is InChI=1S/C14H16Cl3N3O4/c15-14(16,17)13(18-8-11-2-1-7-24-11)19-12(21)9-3-5-10(6-4-9)20(22)23/h3-6,11,13,18H,1-2,7-8H2,(H,19,21)/t11-,13-/m0/s1. The highest BCUT2D eigenvalue weighted by Crippen LogP contribution is 2.29. The third kappa shape index (κ3) is 5.46. The molecule has 2 atom stereocenters. The van der Waals surface area contributed by atoms with Crippen molar-refractivity contribution in [1.29, 1.82) is 0 Å². The Labute approximate surface area is 153 Å². The van der Waals surface area contributed by atoms with E-state index in [1.807, 2.05) is 0 Å². The van der Waals surface area contributed by atoms with Crippen LogP contribution in [0.25, 0.3) is 0 Å². The van der Waals surface area contributed by atoms with Crippen molar-refractivity contribution in [3.8, 4) is 0 Å². The number of non-ortho nitro benzene ring substituents is 1. The number of halogens is 3. The summed E-state index contributed by atoms with van der Waals surface area (Å²) < 4.78 is 3.70. The van der Waals surface area contributed by atoms with Gasteiger partial charge in [0.15, 0.2) is 0 Å². The molecule has 0 bridgehead atoms. The SMILES string of the molecule is O=C(N[C@H](NC[C@@H]1CCCO1)C(Cl)(Cl)Cl)c1ccc([N+](=O)[O-])cc1. The first-order valence-corrected chi connectivity index (χ1v) is 8.38. The lowest BCUT2D eigenvalue weighted by Crippen LogP contribution is -2.54. The molecular weight excluding hydrogens is 381 g/mol. The molecule has 24 heavy (non-hydrogen) atoms. The monoisotopic (exact) mass is 395 g/mol. The van der Waals surface area contributed by atoms with E-state index in [0.29, 0.717) is 13.2 Å². The van der Waals surface area contributed by atoms with Crippen LogP contribution in [0.5, 0.6) is 0 Å². The molecule has 7 nitrogen and oxygen atoms in total. The minimum Gasteiger partial charge on any atom is -0.377 e. The van der Waals surface area contributed by atoms with Gasteiger partial charge in [0.1, 0.15) is 6.17 Å². The maximum atomic E-state index is 12.3. The molecule has 0 aromatic heterocycles. The van der Waals surface area contributed by atoms with Crippen LogP contribution < -0.4 is 10.6 Å². The molecule has 2 rings (SSSR count). The number of nitrogens with one attached hydrogen (secondary N) is 2. The fraction of sp³-hybridized carbons (Fsp3) is 0.500. The van der Waals surface area contributed by atoms with Gasteiger partial charge in [-0.05, 0) is 25.0 Å². The largest absolute Gasteiger partial charge is 0.377 e. The lowest BCUT2D eigenvalue weighted by atomic mass is 10.2. The fourth-order valence-electron chi connectivity index (χ4n) is 2.25. The average Bonchev–Trinajstić information content (AvgIpc) is 3.03. The Balaban J connectivity index is 1.99. The summed E-state index contributed by atoms with van der Waals surface area (Å²) in [6, 6.07) is 5.14. The number of nitro benzene ring substituents is 1. The van der Waals surface area contributed by atoms with Crippen LogP contribution in [-0.4, -0.2) is 40.0 Å². The van der Waals surface area contributed by atoms with Crippen LogP contribution in [-0.2, 0) is 4.74 Å². The molecule has 0 radical (unpaired) electrons. The first-order chi connectivity index (χ1) is 11.3. The molecule has 0 saturated carbocycles. The van der Waals surface area contributed by atoms with E-state index in [-0.39, 0.29) is 17.4 Å². The second-order valence-corrected chi connectivity index (χ2v) is 7.66. The molecule has 1 aromatic carbocycles. The summed E-state index contributed by atoms with van der Waals surface area (Å²) >= 11 is 17.7. The molecule has 2 N–H and O–H groups in total. The Morgan fingerprint density at radius 3 is 2.54 bits per heavy atom. The number of carbonyl (C=O) groups is 1. The minimum absolute atomic E-state index is 0.0103. The Morgan fingerprint density at radius 2 is 2.04 bits per heavy atom. The highest BCUT2D eigenvalue weighted by Gasteiger charge is 2.34. The quantitative estimate of drug-likeness (QED) is 0.334. The van der Waals surface area contributed by atoms with Gasteiger partial charge in [0.25, 0.3) is 11.6 Å². The Kier molecular flexibility index (Phi) is 6.65. The Hall–Kier alpha value is -1.12. The number of carbonyl (C=O) groups excluding carboxylic acids is 1. The summed E-state index contributed by atoms with van der Waals surface area (Å²) in [5.41, 5.74) is 0.111. The topological polar surface area (TPSA) is 93.5 Å². The number of alkyl halides is 3. The molecule has 1 heterocycles. The predicted molar refractivity (Wildman–Crippen MR) is 91.6 cm³/mol. The van der Waals surface area contributed by atoms with Gasteiger partial charge in [-0.3, -0.25) is 20.2 Å². The van der Waals surface area contributed by atoms with Crippen molar-refractivity contribution in [3.63, 3.8) is 0 Å². The van der Waals surface area contributed by atoms with Crippen molar-refractivity contribution in [2.45, 2.75) is 28.9 Å². The van der Waals surface area contributed by atoms with Crippen molar-refractivity contribution >= 4 is 46.4 Å². The van der Waals surface area contributed by atoms with E-state index >= 15 is 0 Å². The maximum absolute atomic E-state index is 12.3. The van der Waals surface area contributed by atoms with E-state index < -0.39 is 20.8 Å². The number of rotatable bonds is 6. The van der Waals surface area contributed by atoms with Gasteiger partial charge < -0.3 is 10.1 Å². The van der Waals surface area contributed by atoms with E-state index in [9.17, 15) is 14.9 Å². The maximum Gasteiger partial charge on any atom is 0.269 e. The lowest BCUT2D eigenvalue weighted by Gasteiger charge is -2.27. The van der Waals surface area contributed by atoms with Gasteiger partial charge in [-0.15, -0.1) is 0 Å². The Bertz CT molecular complexity index is 586. The second kappa shape index (κ2) is 8.31. The van der Waals surface area contributed by atoms with Crippen molar-refractivity contribution in [2.24, 2.45) is 0 Å². The summed E-state index contributed by atoms with van der Waals surface area (Å²) in [6.45, 7) is 1.12. The normalized spacial score (nSPS) is 19.0. The van der Waals surface area contributed by atoms with Gasteiger partial charge in [0.05, 0.1) is 11.0 Å². The second-order valence-electron chi connectivity index (χ2n) is 5.30. The zero-order valence-electron chi connectivity index (χ0n) is 12.5. The van der Waals surface area contributed by atoms with Crippen LogP contribution in [0.1, 0.15) is 23.2 Å². The molecule has 1 fully saturated rings. The molecule has 132 valence electrons. The lowest BCUT2D eigenvalue weighted by molar-refractivity contribution is -0.384. The van der Waals surface area contributed by atoms with Crippen molar-refractivity contribution in [1.82, 2.24) is 10.6 Å². The third-order valence-corrected chi connectivity index (χ3v) is 4.17. The van der Waals surface area contributed by atoms with Crippen LogP contribution in [0.15, 0.2) is 24.3 Å². The Morgan fingerprint density at radius 1 is 1.38 bits per heavy atom. The van der Waals surface area contributed by atoms with Gasteiger partial charge in [-0.25, -0.2) is 0 Å². The summed E-state index contributed by atoms with van der Waals surface area (Å²) in [7, 11) is 0. The highest BCUT2D eigenvalue weighted by atomic mass is 35.6. The minimum atomic E-state index is -1.77. The zero-order chi connectivity index (χ0) is 17.7. The van der Waals surface area contributed by atoms with Crippen molar-refractivity contribution in [2.75, 3.05) is 13.2 Å². The van der Waals surface area contributed by atoms with Crippen LogP contribution >= 0.6 is 34.8 Å². The first kappa shape index (κ1) is 19.2. The molecule has 1 aromatic rings. The smallest absolute Gasteiger partial charge is 0.269 e. The van der Waals surface area contributed by atoms with Crippen LogP contribution in [0, 0.1) is 10.1 Å². The first-order valence-electron chi connectivity index (χ1n) is 7.24. The number of amides is 1. The number of nitrogens with zero attached hydrogens (tertiary/aromatic N) is 1. The predicted octanol–water partition coefficient (Wildman–Crippen LogP) is 2.79. The third-order valence-electron chi connectivity index (χ3n) is 3.52. The van der Waals surface area contributed by atoms with Crippen molar-refractivity contribution in [3.05, 3.63) is 39.9 Å². The van der Waals surface area contributed by atoms with E-state index in [1.54, 1.807) is 0 Å². The van der Waals surface area contributed by atoms with Gasteiger partial charge in [0, 0.05) is 30.8 Å². The zero-order valence-corrected chi connectivity index (χ0v) is 14.8. The van der Waals surface area contributed by atoms with Crippen molar-refractivity contribution < 1.29 is 14.5 Å². The van der Waals surface area contributed by atoms with Crippen LogP contribution in [0.3, 0.4) is 0 Å². The number of hydrogen-bond donors (Lipinski definition) is 2. The van der Waals surface area contributed by atoms with E-state index in [4.69, 9.17) is 39.5 Å². The number of benzene rings is 1. The number of nitro groups is 1. The molecule has 1 aliphatic rings. The molecule has 0 aliphatic carbocycles. The summed E-state index contributed by atoms with van der Waals surface area (Å²) in [5, 5.41) is 16.2. The molecule has 10 heteroatoms. The van der Waals surface area contributed by atoms with Gasteiger partial charge in [-0.2, -0.15) is 0 Å². The van der Waals surface area contributed by atoms with E-state index in [1.165, 1.54) is 24.3 Å². The van der Waals surface area contributed by atoms with Gasteiger partial charge in [-0.1, -0.05) is 34.8 Å². The molecule has 0 unspecified atom stereocenters. The number of ether oxygens (including phenoxy) is 1. The fourth-order valence-corrected chi connectivity index (χ4v) is 2.65. The van der Waals surface area contributed by atoms with Gasteiger partial charge >= 0.3 is 0 Å². The van der Waals surface area contributed by atoms with Crippen LogP contribution in [0.4, 0.5) is 5.69 Å². The average molecular weight is 397 g/mol. The summed E-state index contributed by atoms with van der Waals surface area (Å²) in [4.78, 5) is 22.3. The molecule has 1 aliphatic heterocycles. The summed E-state index contributed by atoms with van der Waals surface area (Å²) in [6.07, 6.45) is 0.945. The van der Waals surface area contributed by atoms with E-state index in [0.717, 1.165) is 12.8 Å². The summed E-state index contributed by atoms with van der Waals surface area (Å²) in [5.74, 6) is -0.513. The molecule has 1 amide bonds. The molecule has 0 spiro atoms. The number of hydrogen-bond acceptors (Lipinski definition) is 5. The van der Waals surface area contributed by atoms with E-state index in [2.05, 4.69) is 10.6 Å². The molecular formula is C14H16Cl3N3O4. The molecule has 1 saturated heterocycles.